The van der Waals surface area contributed by atoms with Crippen molar-refractivity contribution in [3.8, 4) is 0 Å². The van der Waals surface area contributed by atoms with Crippen molar-refractivity contribution in [2.75, 3.05) is 26.4 Å². The van der Waals surface area contributed by atoms with Gasteiger partial charge in [0.2, 0.25) is 0 Å². The van der Waals surface area contributed by atoms with Crippen LogP contribution in [-0.4, -0.2) is 56.6 Å². The maximum Gasteiger partial charge on any atom is 0.412 e. The highest BCUT2D eigenvalue weighted by molar-refractivity contribution is 5.84. The molecule has 2 aliphatic heterocycles. The minimum absolute atomic E-state index is 0.141. The summed E-state index contributed by atoms with van der Waals surface area (Å²) in [6, 6.07) is 6.76. The minimum Gasteiger partial charge on any atom is -0.467 e. The van der Waals surface area contributed by atoms with Crippen LogP contribution in [0.25, 0.3) is 0 Å². The zero-order chi connectivity index (χ0) is 19.1. The number of amides is 1. The number of hydroxylamine groups is 1. The van der Waals surface area contributed by atoms with Gasteiger partial charge >= 0.3 is 12.1 Å². The zero-order valence-corrected chi connectivity index (χ0v) is 15.6. The van der Waals surface area contributed by atoms with Gasteiger partial charge in [-0.05, 0) is 19.9 Å². The third-order valence-corrected chi connectivity index (χ3v) is 4.83. The Morgan fingerprint density at radius 1 is 1.15 bits per heavy atom. The summed E-state index contributed by atoms with van der Waals surface area (Å²) in [4.78, 5) is 32.0. The topological polar surface area (TPSA) is 77.5 Å². The molecule has 1 amide bonds. The summed E-state index contributed by atoms with van der Waals surface area (Å²) in [5.41, 5.74) is 0.715. The van der Waals surface area contributed by atoms with Gasteiger partial charge in [0.05, 0.1) is 33.1 Å². The number of para-hydroxylation sites is 1. The van der Waals surface area contributed by atoms with Crippen molar-refractivity contribution in [3.63, 3.8) is 0 Å². The molecule has 2 heterocycles. The van der Waals surface area contributed by atoms with Crippen LogP contribution in [-0.2, 0) is 29.4 Å². The summed E-state index contributed by atoms with van der Waals surface area (Å²) in [7, 11) is 4.09. The van der Waals surface area contributed by atoms with Gasteiger partial charge in [-0.1, -0.05) is 18.2 Å². The first kappa shape index (κ1) is 18.5. The number of fused-ring (bicyclic) bond motifs is 3. The van der Waals surface area contributed by atoms with E-state index in [1.165, 1.54) is 26.2 Å². The predicted octanol–water partition coefficient (Wildman–Crippen LogP) is 2.03. The summed E-state index contributed by atoms with van der Waals surface area (Å²) in [5.74, 6) is -0.523. The largest absolute Gasteiger partial charge is 0.467 e. The van der Waals surface area contributed by atoms with Crippen LogP contribution in [0.5, 0.6) is 0 Å². The molecule has 1 fully saturated rings. The van der Waals surface area contributed by atoms with E-state index in [-0.39, 0.29) is 12.5 Å². The van der Waals surface area contributed by atoms with Crippen LogP contribution in [0.1, 0.15) is 25.8 Å². The molecule has 26 heavy (non-hydrogen) atoms. The number of benzene rings is 1. The lowest BCUT2D eigenvalue weighted by Crippen LogP contribution is -2.55. The molecule has 0 saturated carbocycles. The number of carbonyl (C=O) groups is 2. The van der Waals surface area contributed by atoms with E-state index in [4.69, 9.17) is 19.0 Å². The van der Waals surface area contributed by atoms with Crippen molar-refractivity contribution in [2.45, 2.75) is 44.2 Å². The van der Waals surface area contributed by atoms with Crippen LogP contribution >= 0.6 is 0 Å². The fourth-order valence-electron chi connectivity index (χ4n) is 4.05. The smallest absolute Gasteiger partial charge is 0.412 e. The minimum atomic E-state index is -0.937. The van der Waals surface area contributed by atoms with Crippen molar-refractivity contribution in [2.24, 2.45) is 0 Å². The lowest BCUT2D eigenvalue weighted by atomic mass is 9.90. The van der Waals surface area contributed by atoms with Gasteiger partial charge < -0.3 is 14.2 Å². The number of esters is 1. The number of hydrogen-bond donors (Lipinski definition) is 0. The molecule has 1 aromatic rings. The number of nitrogens with zero attached hydrogens (tertiary/aromatic N) is 2. The molecule has 3 atom stereocenters. The molecule has 0 spiro atoms. The van der Waals surface area contributed by atoms with E-state index >= 15 is 0 Å². The van der Waals surface area contributed by atoms with Crippen LogP contribution in [0, 0.1) is 0 Å². The Bertz CT molecular complexity index is 709. The highest BCUT2D eigenvalue weighted by Gasteiger charge is 2.66. The van der Waals surface area contributed by atoms with Crippen LogP contribution in [0.2, 0.25) is 0 Å². The molecule has 8 nitrogen and oxygen atoms in total. The summed E-state index contributed by atoms with van der Waals surface area (Å²) in [6.45, 7) is 3.83. The fraction of sp³-hybridized carbons (Fsp3) is 0.556. The summed E-state index contributed by atoms with van der Waals surface area (Å²) >= 11 is 0. The van der Waals surface area contributed by atoms with Crippen molar-refractivity contribution < 1.29 is 28.6 Å². The Kier molecular flexibility index (Phi) is 4.81. The van der Waals surface area contributed by atoms with Crippen molar-refractivity contribution >= 4 is 17.7 Å². The van der Waals surface area contributed by atoms with E-state index in [1.54, 1.807) is 5.06 Å². The summed E-state index contributed by atoms with van der Waals surface area (Å²) in [6.07, 6.45) is -1.23. The van der Waals surface area contributed by atoms with E-state index < -0.39 is 29.9 Å². The quantitative estimate of drug-likeness (QED) is 0.757. The van der Waals surface area contributed by atoms with E-state index in [9.17, 15) is 9.59 Å². The van der Waals surface area contributed by atoms with E-state index in [2.05, 4.69) is 0 Å². The van der Waals surface area contributed by atoms with Gasteiger partial charge in [-0.25, -0.2) is 14.7 Å². The monoisotopic (exact) mass is 364 g/mol. The molecule has 3 rings (SSSR count). The zero-order valence-electron chi connectivity index (χ0n) is 15.6. The van der Waals surface area contributed by atoms with Crippen molar-refractivity contribution in [3.05, 3.63) is 29.8 Å². The van der Waals surface area contributed by atoms with E-state index in [0.29, 0.717) is 0 Å². The fourth-order valence-corrected chi connectivity index (χ4v) is 4.05. The van der Waals surface area contributed by atoms with Crippen LogP contribution in [0.15, 0.2) is 24.3 Å². The van der Waals surface area contributed by atoms with Crippen LogP contribution < -0.4 is 5.06 Å². The lowest BCUT2D eigenvalue weighted by molar-refractivity contribution is -0.146. The first-order valence-corrected chi connectivity index (χ1v) is 8.46. The second-order valence-electron chi connectivity index (χ2n) is 6.58. The molecule has 2 aliphatic rings. The third kappa shape index (κ3) is 2.52. The average Bonchev–Trinajstić information content (AvgIpc) is 3.09. The molecule has 0 radical (unpaired) electrons. The molecule has 0 bridgehead atoms. The first-order chi connectivity index (χ1) is 12.4. The van der Waals surface area contributed by atoms with E-state index in [0.717, 1.165) is 11.3 Å². The predicted molar refractivity (Wildman–Crippen MR) is 92.3 cm³/mol. The Morgan fingerprint density at radius 3 is 2.42 bits per heavy atom. The number of ether oxygens (including phenoxy) is 3. The molecular weight excluding hydrogens is 340 g/mol. The van der Waals surface area contributed by atoms with Gasteiger partial charge in [0, 0.05) is 12.0 Å². The molecule has 1 aromatic carbocycles. The Labute approximate surface area is 152 Å². The van der Waals surface area contributed by atoms with Gasteiger partial charge in [0.15, 0.2) is 6.17 Å². The van der Waals surface area contributed by atoms with E-state index in [1.807, 2.05) is 38.1 Å². The molecule has 1 saturated heterocycles. The Morgan fingerprint density at radius 2 is 1.85 bits per heavy atom. The summed E-state index contributed by atoms with van der Waals surface area (Å²) < 4.78 is 16.2. The van der Waals surface area contributed by atoms with Gasteiger partial charge in [-0.15, -0.1) is 0 Å². The van der Waals surface area contributed by atoms with Crippen molar-refractivity contribution in [1.29, 1.82) is 0 Å². The number of anilines is 1. The molecule has 142 valence electrons. The van der Waals surface area contributed by atoms with Gasteiger partial charge in [0.25, 0.3) is 0 Å². The third-order valence-electron chi connectivity index (χ3n) is 4.83. The lowest BCUT2D eigenvalue weighted by Gasteiger charge is -2.37. The van der Waals surface area contributed by atoms with Gasteiger partial charge in [-0.2, -0.15) is 0 Å². The molecule has 0 aromatic heterocycles. The van der Waals surface area contributed by atoms with Crippen molar-refractivity contribution in [1.82, 2.24) is 4.90 Å². The number of rotatable bonds is 4. The SMILES string of the molecule is COC(=O)[C@@H]1C[C@@]2(OC(C)C)c3ccccc3N(OC)[C@H]2N1C(=O)OC. The standard InChI is InChI=1S/C18H24N2O6/c1-11(2)26-18-10-14(15(21)23-3)19(17(22)24-4)16(18)20(25-5)13-9-7-6-8-12(13)18/h6-9,11,14,16H,10H2,1-5H3/t14-,16+,18+/m0/s1. The normalized spacial score (nSPS) is 26.7. The number of methoxy groups -OCH3 is 2. The molecular formula is C18H24N2O6. The first-order valence-electron chi connectivity index (χ1n) is 8.46. The summed E-state index contributed by atoms with van der Waals surface area (Å²) in [5, 5.41) is 1.59. The highest BCUT2D eigenvalue weighted by Crippen LogP contribution is 2.55. The highest BCUT2D eigenvalue weighted by atomic mass is 16.7. The van der Waals surface area contributed by atoms with Crippen LogP contribution in [0.3, 0.4) is 0 Å². The second kappa shape index (κ2) is 6.77. The maximum atomic E-state index is 12.6. The van der Waals surface area contributed by atoms with Gasteiger partial charge in [-0.3, -0.25) is 9.74 Å². The molecule has 8 heteroatoms. The molecule has 0 unspecified atom stereocenters. The van der Waals surface area contributed by atoms with Crippen LogP contribution in [0.4, 0.5) is 10.5 Å². The molecule has 0 N–H and O–H groups in total. The number of carbonyl (C=O) groups excluding carboxylic acids is 2. The molecule has 0 aliphatic carbocycles. The second-order valence-corrected chi connectivity index (χ2v) is 6.58. The number of hydrogen-bond acceptors (Lipinski definition) is 7. The van der Waals surface area contributed by atoms with Gasteiger partial charge in [0.1, 0.15) is 11.6 Å². The Balaban J connectivity index is 2.21. The Hall–Kier alpha value is -2.32. The maximum absolute atomic E-state index is 12.6. The average molecular weight is 364 g/mol. The number of likely N-dealkylation sites (tertiary alicyclic amines) is 1.